The van der Waals surface area contributed by atoms with Crippen LogP contribution in [0, 0.1) is 28.6 Å². The topological polar surface area (TPSA) is 93.1 Å². The number of ether oxygens (including phenoxy) is 2. The van der Waals surface area contributed by atoms with Gasteiger partial charge in [-0.15, -0.1) is 0 Å². The van der Waals surface area contributed by atoms with Crippen LogP contribution in [0.1, 0.15) is 53.4 Å². The number of hydrogen-bond donors (Lipinski definition) is 2. The molecule has 8 unspecified atom stereocenters. The van der Waals surface area contributed by atoms with Crippen molar-refractivity contribution in [2.24, 2.45) is 28.6 Å². The summed E-state index contributed by atoms with van der Waals surface area (Å²) in [7, 11) is 0. The largest absolute Gasteiger partial charge is 0.393 e. The van der Waals surface area contributed by atoms with Gasteiger partial charge in [0.25, 0.3) is 0 Å². The molecule has 5 rings (SSSR count). The highest BCUT2D eigenvalue weighted by molar-refractivity contribution is 5.93. The zero-order chi connectivity index (χ0) is 21.7. The first kappa shape index (κ1) is 20.6. The number of carbonyl (C=O) groups excluding carboxylic acids is 2. The van der Waals surface area contributed by atoms with Crippen LogP contribution in [0.25, 0.3) is 0 Å². The second-order valence-electron chi connectivity index (χ2n) is 10.9. The average Bonchev–Trinajstić information content (AvgIpc) is 3.07. The van der Waals surface area contributed by atoms with Crippen LogP contribution in [0.2, 0.25) is 0 Å². The van der Waals surface area contributed by atoms with Crippen LogP contribution in [0.3, 0.4) is 0 Å². The minimum atomic E-state index is -1.24. The summed E-state index contributed by atoms with van der Waals surface area (Å²) in [5.74, 6) is -0.913. The molecule has 8 atom stereocenters. The SMILES string of the molecule is CC1(C)OC2CC3C4CC=C5CC(=O)C=CC5(C)C4C(O)CC3(C)C2(C(=O)CO)O1. The van der Waals surface area contributed by atoms with Gasteiger partial charge in [-0.05, 0) is 51.0 Å². The van der Waals surface area contributed by atoms with Gasteiger partial charge in [0.05, 0.1) is 12.2 Å². The zero-order valence-corrected chi connectivity index (χ0v) is 18.2. The van der Waals surface area contributed by atoms with Crippen LogP contribution in [0.4, 0.5) is 0 Å². The maximum absolute atomic E-state index is 13.2. The quantitative estimate of drug-likeness (QED) is 0.671. The Morgan fingerprint density at radius 2 is 2.00 bits per heavy atom. The van der Waals surface area contributed by atoms with Gasteiger partial charge in [0.2, 0.25) is 0 Å². The van der Waals surface area contributed by atoms with Crippen LogP contribution in [0.5, 0.6) is 0 Å². The molecule has 4 aliphatic carbocycles. The molecule has 30 heavy (non-hydrogen) atoms. The predicted molar refractivity (Wildman–Crippen MR) is 108 cm³/mol. The van der Waals surface area contributed by atoms with Crippen molar-refractivity contribution in [2.45, 2.75) is 77.0 Å². The molecule has 3 fully saturated rings. The van der Waals surface area contributed by atoms with Crippen molar-refractivity contribution < 1.29 is 29.3 Å². The summed E-state index contributed by atoms with van der Waals surface area (Å²) in [6, 6.07) is 0. The molecule has 1 saturated heterocycles. The zero-order valence-electron chi connectivity index (χ0n) is 18.2. The van der Waals surface area contributed by atoms with Gasteiger partial charge in [-0.25, -0.2) is 0 Å². The molecule has 0 amide bonds. The van der Waals surface area contributed by atoms with E-state index in [4.69, 9.17) is 9.47 Å². The van der Waals surface area contributed by atoms with Crippen molar-refractivity contribution in [2.75, 3.05) is 6.61 Å². The maximum Gasteiger partial charge on any atom is 0.193 e. The number of allylic oxidation sites excluding steroid dienone is 4. The van der Waals surface area contributed by atoms with Gasteiger partial charge in [0.15, 0.2) is 23.0 Å². The number of aliphatic hydroxyl groups excluding tert-OH is 2. The summed E-state index contributed by atoms with van der Waals surface area (Å²) in [6.07, 6.45) is 7.01. The molecule has 2 N–H and O–H groups in total. The molecular formula is C24H32O6. The Morgan fingerprint density at radius 1 is 1.27 bits per heavy atom. The van der Waals surface area contributed by atoms with E-state index in [9.17, 15) is 19.8 Å². The van der Waals surface area contributed by atoms with Crippen molar-refractivity contribution in [3.05, 3.63) is 23.8 Å². The predicted octanol–water partition coefficient (Wildman–Crippen LogP) is 2.33. The van der Waals surface area contributed by atoms with E-state index < -0.39 is 35.6 Å². The number of fused-ring (bicyclic) bond motifs is 7. The molecule has 164 valence electrons. The molecular weight excluding hydrogens is 384 g/mol. The van der Waals surface area contributed by atoms with Crippen molar-refractivity contribution in [3.8, 4) is 0 Å². The molecule has 0 spiro atoms. The average molecular weight is 417 g/mol. The van der Waals surface area contributed by atoms with Crippen molar-refractivity contribution >= 4 is 11.6 Å². The third-order valence-electron chi connectivity index (χ3n) is 9.01. The lowest BCUT2D eigenvalue weighted by atomic mass is 9.47. The summed E-state index contributed by atoms with van der Waals surface area (Å²) >= 11 is 0. The Bertz CT molecular complexity index is 873. The normalized spacial score (nSPS) is 50.9. The van der Waals surface area contributed by atoms with E-state index in [0.29, 0.717) is 19.3 Å². The van der Waals surface area contributed by atoms with E-state index in [1.165, 1.54) is 0 Å². The van der Waals surface area contributed by atoms with Gasteiger partial charge >= 0.3 is 0 Å². The summed E-state index contributed by atoms with van der Waals surface area (Å²) in [5.41, 5.74) is -1.14. The first-order valence-corrected chi connectivity index (χ1v) is 11.1. The van der Waals surface area contributed by atoms with Crippen molar-refractivity contribution in [1.29, 1.82) is 0 Å². The number of hydrogen-bond acceptors (Lipinski definition) is 6. The fourth-order valence-corrected chi connectivity index (χ4v) is 7.95. The highest BCUT2D eigenvalue weighted by Crippen LogP contribution is 2.69. The maximum atomic E-state index is 13.2. The highest BCUT2D eigenvalue weighted by Gasteiger charge is 2.76. The monoisotopic (exact) mass is 416 g/mol. The first-order valence-electron chi connectivity index (χ1n) is 11.1. The lowest BCUT2D eigenvalue weighted by Crippen LogP contribution is -2.63. The lowest BCUT2D eigenvalue weighted by Gasteiger charge is -2.59. The molecule has 0 aromatic carbocycles. The molecule has 6 nitrogen and oxygen atoms in total. The van der Waals surface area contributed by atoms with Crippen LogP contribution >= 0.6 is 0 Å². The fraction of sp³-hybridized carbons (Fsp3) is 0.750. The van der Waals surface area contributed by atoms with Crippen LogP contribution in [-0.2, 0) is 19.1 Å². The van der Waals surface area contributed by atoms with E-state index in [0.717, 1.165) is 12.0 Å². The molecule has 0 radical (unpaired) electrons. The third-order valence-corrected chi connectivity index (χ3v) is 9.01. The molecule has 0 bridgehead atoms. The van der Waals surface area contributed by atoms with Crippen LogP contribution < -0.4 is 0 Å². The fourth-order valence-electron chi connectivity index (χ4n) is 7.95. The second kappa shape index (κ2) is 6.12. The van der Waals surface area contributed by atoms with Crippen molar-refractivity contribution in [3.63, 3.8) is 0 Å². The Hall–Kier alpha value is -1.34. The number of rotatable bonds is 2. The molecule has 0 aromatic heterocycles. The molecule has 2 saturated carbocycles. The Morgan fingerprint density at radius 3 is 2.70 bits per heavy atom. The second-order valence-corrected chi connectivity index (χ2v) is 10.9. The van der Waals surface area contributed by atoms with Gasteiger partial charge in [-0.1, -0.05) is 31.6 Å². The summed E-state index contributed by atoms with van der Waals surface area (Å²) in [6.45, 7) is 7.18. The Balaban J connectivity index is 1.60. The molecule has 6 heteroatoms. The summed E-state index contributed by atoms with van der Waals surface area (Å²) < 4.78 is 12.5. The lowest BCUT2D eigenvalue weighted by molar-refractivity contribution is -0.224. The number of ketones is 2. The van der Waals surface area contributed by atoms with Crippen molar-refractivity contribution in [1.82, 2.24) is 0 Å². The number of aliphatic hydroxyl groups is 2. The molecule has 5 aliphatic rings. The number of carbonyl (C=O) groups is 2. The van der Waals surface area contributed by atoms with E-state index >= 15 is 0 Å². The Kier molecular flexibility index (Phi) is 4.20. The van der Waals surface area contributed by atoms with E-state index in [2.05, 4.69) is 13.0 Å². The minimum Gasteiger partial charge on any atom is -0.393 e. The van der Waals surface area contributed by atoms with Crippen LogP contribution in [0.15, 0.2) is 23.8 Å². The minimum absolute atomic E-state index is 0.0203. The smallest absolute Gasteiger partial charge is 0.193 e. The molecule has 1 heterocycles. The van der Waals surface area contributed by atoms with E-state index in [-0.39, 0.29) is 34.7 Å². The van der Waals surface area contributed by atoms with Gasteiger partial charge in [-0.2, -0.15) is 0 Å². The summed E-state index contributed by atoms with van der Waals surface area (Å²) in [4.78, 5) is 25.2. The van der Waals surface area contributed by atoms with Gasteiger partial charge < -0.3 is 19.7 Å². The highest BCUT2D eigenvalue weighted by atomic mass is 16.8. The standard InChI is InChI=1S/C24H32O6/c1-21(2)29-19-10-16-15-6-5-13-9-14(26)7-8-22(13,3)20(15)17(27)11-23(16,4)24(19,30-21)18(28)12-25/h5,7-8,15-17,19-20,25,27H,6,9-12H2,1-4H3. The van der Waals surface area contributed by atoms with E-state index in [1.54, 1.807) is 19.9 Å². The first-order chi connectivity index (χ1) is 14.0. The van der Waals surface area contributed by atoms with Crippen LogP contribution in [-0.4, -0.2) is 52.0 Å². The van der Waals surface area contributed by atoms with Gasteiger partial charge in [0, 0.05) is 23.2 Å². The van der Waals surface area contributed by atoms with Gasteiger partial charge in [-0.3, -0.25) is 9.59 Å². The van der Waals surface area contributed by atoms with Gasteiger partial charge in [0.1, 0.15) is 6.61 Å². The Labute approximate surface area is 177 Å². The molecule has 0 aromatic rings. The molecule has 1 aliphatic heterocycles. The third kappa shape index (κ3) is 2.34. The van der Waals surface area contributed by atoms with E-state index in [1.807, 2.05) is 13.0 Å². The number of Topliss-reactive ketones (excluding diaryl/α,β-unsaturated/α-hetero) is 1. The summed E-state index contributed by atoms with van der Waals surface area (Å²) in [5, 5.41) is 21.3.